The van der Waals surface area contributed by atoms with Crippen LogP contribution in [0.15, 0.2) is 41.8 Å². The minimum absolute atomic E-state index is 0.123. The molecule has 1 atom stereocenters. The zero-order valence-corrected chi connectivity index (χ0v) is 13.7. The van der Waals surface area contributed by atoms with E-state index >= 15 is 0 Å². The quantitative estimate of drug-likeness (QED) is 0.339. The van der Waals surface area contributed by atoms with Gasteiger partial charge in [0.05, 0.1) is 18.5 Å². The number of likely N-dealkylation sites (N-methyl/N-ethyl adjacent to an activating group) is 1. The van der Waals surface area contributed by atoms with Gasteiger partial charge >= 0.3 is 5.97 Å². The van der Waals surface area contributed by atoms with E-state index < -0.39 is 16.1 Å². The summed E-state index contributed by atoms with van der Waals surface area (Å²) in [7, 11) is -2.14. The third-order valence-corrected chi connectivity index (χ3v) is 4.46. The summed E-state index contributed by atoms with van der Waals surface area (Å²) in [6.07, 6.45) is 1.13. The molecule has 0 bridgehead atoms. The van der Waals surface area contributed by atoms with Crippen molar-refractivity contribution in [3.05, 3.63) is 42.5 Å². The molecule has 1 rings (SSSR count). The highest BCUT2D eigenvalue weighted by Gasteiger charge is 2.21. The summed E-state index contributed by atoms with van der Waals surface area (Å²) in [5.41, 5.74) is 0.937. The first-order valence-electron chi connectivity index (χ1n) is 6.89. The zero-order chi connectivity index (χ0) is 16.8. The van der Waals surface area contributed by atoms with E-state index in [0.29, 0.717) is 17.6 Å². The average Bonchev–Trinajstić information content (AvgIpc) is 2.46. The fourth-order valence-corrected chi connectivity index (χ4v) is 2.46. The monoisotopic (exact) mass is 328 g/mol. The SMILES string of the molecule is C=CC(=O)OCC[N+](C)(CC)Cc1ccc(S(=O)(=O)O)cc1. The molecule has 0 fully saturated rings. The van der Waals surface area contributed by atoms with E-state index in [0.717, 1.165) is 18.2 Å². The Morgan fingerprint density at radius 3 is 2.41 bits per heavy atom. The van der Waals surface area contributed by atoms with Crippen molar-refractivity contribution >= 4 is 16.1 Å². The molecule has 1 N–H and O–H groups in total. The lowest BCUT2D eigenvalue weighted by Crippen LogP contribution is -2.45. The van der Waals surface area contributed by atoms with Gasteiger partial charge in [0.15, 0.2) is 0 Å². The molecule has 1 aromatic rings. The lowest BCUT2D eigenvalue weighted by Gasteiger charge is -2.33. The van der Waals surface area contributed by atoms with Crippen LogP contribution in [0.2, 0.25) is 0 Å². The van der Waals surface area contributed by atoms with Crippen molar-refractivity contribution < 1.29 is 27.0 Å². The topological polar surface area (TPSA) is 80.7 Å². The Labute approximate surface area is 131 Å². The van der Waals surface area contributed by atoms with Gasteiger partial charge in [-0.2, -0.15) is 8.42 Å². The highest BCUT2D eigenvalue weighted by atomic mass is 32.2. The highest BCUT2D eigenvalue weighted by Crippen LogP contribution is 2.15. The molecule has 0 spiro atoms. The van der Waals surface area contributed by atoms with Crippen LogP contribution in [0.1, 0.15) is 12.5 Å². The maximum Gasteiger partial charge on any atom is 0.330 e. The predicted molar refractivity (Wildman–Crippen MR) is 82.7 cm³/mol. The fraction of sp³-hybridized carbons (Fsp3) is 0.400. The molecule has 0 heterocycles. The Kier molecular flexibility index (Phi) is 6.28. The smallest absolute Gasteiger partial charge is 0.330 e. The molecule has 0 amide bonds. The molecular weight excluding hydrogens is 306 g/mol. The lowest BCUT2D eigenvalue weighted by atomic mass is 10.2. The number of hydrogen-bond acceptors (Lipinski definition) is 4. The van der Waals surface area contributed by atoms with E-state index in [1.165, 1.54) is 12.1 Å². The molecule has 0 aliphatic carbocycles. The Balaban J connectivity index is 2.72. The molecule has 0 saturated carbocycles. The van der Waals surface area contributed by atoms with E-state index in [4.69, 9.17) is 9.29 Å². The minimum Gasteiger partial charge on any atom is -0.457 e. The Morgan fingerprint density at radius 1 is 1.36 bits per heavy atom. The van der Waals surface area contributed by atoms with Gasteiger partial charge in [0.1, 0.15) is 19.7 Å². The summed E-state index contributed by atoms with van der Waals surface area (Å²) in [4.78, 5) is 10.9. The van der Waals surface area contributed by atoms with Gasteiger partial charge in [-0.25, -0.2) is 4.79 Å². The van der Waals surface area contributed by atoms with Crippen molar-refractivity contribution in [2.24, 2.45) is 0 Å². The molecule has 0 aromatic heterocycles. The van der Waals surface area contributed by atoms with E-state index in [-0.39, 0.29) is 11.5 Å². The van der Waals surface area contributed by atoms with Gasteiger partial charge in [-0.3, -0.25) is 4.55 Å². The van der Waals surface area contributed by atoms with Crippen LogP contribution in [-0.4, -0.2) is 50.2 Å². The molecule has 1 aromatic carbocycles. The predicted octanol–water partition coefficient (Wildman–Crippen LogP) is 1.63. The number of nitrogens with zero attached hydrogens (tertiary/aromatic N) is 1. The largest absolute Gasteiger partial charge is 0.457 e. The summed E-state index contributed by atoms with van der Waals surface area (Å²) in [6.45, 7) is 7.78. The number of hydrogen-bond donors (Lipinski definition) is 1. The van der Waals surface area contributed by atoms with Gasteiger partial charge in [0.2, 0.25) is 0 Å². The molecule has 0 saturated heterocycles. The first-order chi connectivity index (χ1) is 10.2. The number of benzene rings is 1. The number of rotatable bonds is 8. The van der Waals surface area contributed by atoms with Crippen molar-refractivity contribution in [3.63, 3.8) is 0 Å². The molecule has 0 aliphatic rings. The Morgan fingerprint density at radius 2 is 1.95 bits per heavy atom. The third-order valence-electron chi connectivity index (χ3n) is 3.59. The maximum absolute atomic E-state index is 11.0. The normalized spacial score (nSPS) is 14.1. The van der Waals surface area contributed by atoms with E-state index in [2.05, 4.69) is 6.58 Å². The Bertz CT molecular complexity index is 624. The van der Waals surface area contributed by atoms with Gasteiger partial charge in [-0.15, -0.1) is 0 Å². The summed E-state index contributed by atoms with van der Waals surface area (Å²) in [5, 5.41) is 0. The second-order valence-electron chi connectivity index (χ2n) is 5.31. The van der Waals surface area contributed by atoms with Crippen LogP contribution in [0.25, 0.3) is 0 Å². The zero-order valence-electron chi connectivity index (χ0n) is 12.9. The molecule has 122 valence electrons. The van der Waals surface area contributed by atoms with Gasteiger partial charge in [-0.1, -0.05) is 18.7 Å². The van der Waals surface area contributed by atoms with Gasteiger partial charge in [0.25, 0.3) is 10.1 Å². The maximum atomic E-state index is 11.0. The second kappa shape index (κ2) is 7.53. The van der Waals surface area contributed by atoms with E-state index in [9.17, 15) is 13.2 Å². The number of ether oxygens (including phenoxy) is 1. The van der Waals surface area contributed by atoms with Crippen molar-refractivity contribution in [2.75, 3.05) is 26.7 Å². The molecule has 0 radical (unpaired) electrons. The number of quaternary nitrogens is 1. The van der Waals surface area contributed by atoms with Crippen molar-refractivity contribution in [1.82, 2.24) is 0 Å². The summed E-state index contributed by atoms with van der Waals surface area (Å²) >= 11 is 0. The highest BCUT2D eigenvalue weighted by molar-refractivity contribution is 7.85. The van der Waals surface area contributed by atoms with Gasteiger partial charge in [-0.05, 0) is 19.1 Å². The van der Waals surface area contributed by atoms with Crippen LogP contribution in [0.3, 0.4) is 0 Å². The van der Waals surface area contributed by atoms with Crippen molar-refractivity contribution in [1.29, 1.82) is 0 Å². The molecule has 6 nitrogen and oxygen atoms in total. The summed E-state index contributed by atoms with van der Waals surface area (Å²) in [6, 6.07) is 6.10. The molecule has 7 heteroatoms. The van der Waals surface area contributed by atoms with E-state index in [1.54, 1.807) is 12.1 Å². The van der Waals surface area contributed by atoms with Crippen molar-refractivity contribution in [3.8, 4) is 0 Å². The molecule has 22 heavy (non-hydrogen) atoms. The van der Waals surface area contributed by atoms with Crippen LogP contribution in [0.4, 0.5) is 0 Å². The minimum atomic E-state index is -4.17. The second-order valence-corrected chi connectivity index (χ2v) is 6.73. The molecular formula is C15H22NO5S+. The molecule has 0 aliphatic heterocycles. The van der Waals surface area contributed by atoms with Crippen LogP contribution in [-0.2, 0) is 26.2 Å². The van der Waals surface area contributed by atoms with E-state index in [1.807, 2.05) is 14.0 Å². The summed E-state index contributed by atoms with van der Waals surface area (Å²) < 4.78 is 36.6. The van der Waals surface area contributed by atoms with Crippen molar-refractivity contribution in [2.45, 2.75) is 18.4 Å². The first-order valence-corrected chi connectivity index (χ1v) is 8.33. The standard InChI is InChI=1S/C15H21NO5S/c1-4-15(17)21-11-10-16(3,5-2)12-13-6-8-14(9-7-13)22(18,19)20/h4,6-9H,1,5,10-12H2,2-3H3/p+1. The Hall–Kier alpha value is -1.70. The number of carbonyl (C=O) groups excluding carboxylic acids is 1. The van der Waals surface area contributed by atoms with Crippen LogP contribution in [0.5, 0.6) is 0 Å². The molecule has 1 unspecified atom stereocenters. The summed E-state index contributed by atoms with van der Waals surface area (Å²) in [5.74, 6) is -0.444. The number of esters is 1. The van der Waals surface area contributed by atoms with Gasteiger partial charge < -0.3 is 9.22 Å². The average molecular weight is 328 g/mol. The lowest BCUT2D eigenvalue weighted by molar-refractivity contribution is -0.921. The van der Waals surface area contributed by atoms with Crippen LogP contribution < -0.4 is 0 Å². The van der Waals surface area contributed by atoms with Gasteiger partial charge in [0, 0.05) is 11.6 Å². The third kappa shape index (κ3) is 5.59. The first kappa shape index (κ1) is 18.3. The van der Waals surface area contributed by atoms with Crippen LogP contribution in [0, 0.1) is 0 Å². The number of carbonyl (C=O) groups is 1. The van der Waals surface area contributed by atoms with Crippen LogP contribution >= 0.6 is 0 Å². The fourth-order valence-electron chi connectivity index (χ4n) is 1.98.